The van der Waals surface area contributed by atoms with Crippen LogP contribution < -0.4 is 0 Å². The van der Waals surface area contributed by atoms with Gasteiger partial charge in [0.15, 0.2) is 0 Å². The van der Waals surface area contributed by atoms with Crippen molar-refractivity contribution in [2.24, 2.45) is 0 Å². The highest BCUT2D eigenvalue weighted by Gasteiger charge is 2.20. The monoisotopic (exact) mass is 222 g/mol. The molecule has 1 aliphatic heterocycles. The maximum absolute atomic E-state index is 9.94. The number of ether oxygens (including phenoxy) is 2. The van der Waals surface area contributed by atoms with E-state index in [1.54, 1.807) is 0 Å². The summed E-state index contributed by atoms with van der Waals surface area (Å²) >= 11 is 0. The van der Waals surface area contributed by atoms with Crippen LogP contribution in [0, 0.1) is 13.8 Å². The first-order valence-electron chi connectivity index (χ1n) is 5.61. The fourth-order valence-electron chi connectivity index (χ4n) is 1.61. The van der Waals surface area contributed by atoms with Gasteiger partial charge in [-0.3, -0.25) is 0 Å². The van der Waals surface area contributed by atoms with E-state index in [0.717, 1.165) is 5.56 Å². The van der Waals surface area contributed by atoms with Crippen molar-refractivity contribution in [2.75, 3.05) is 19.8 Å². The number of aryl methyl sites for hydroxylation is 2. The van der Waals surface area contributed by atoms with Crippen LogP contribution in [0.5, 0.6) is 0 Å². The largest absolute Gasteiger partial charge is 0.386 e. The number of hydrogen-bond acceptors (Lipinski definition) is 3. The lowest BCUT2D eigenvalue weighted by Gasteiger charge is -2.27. The first-order valence-corrected chi connectivity index (χ1v) is 5.61. The number of benzene rings is 1. The van der Waals surface area contributed by atoms with Crippen molar-refractivity contribution >= 4 is 0 Å². The Morgan fingerprint density at radius 1 is 1.38 bits per heavy atom. The summed E-state index contributed by atoms with van der Waals surface area (Å²) in [4.78, 5) is 0. The summed E-state index contributed by atoms with van der Waals surface area (Å²) in [7, 11) is 0. The highest BCUT2D eigenvalue weighted by molar-refractivity contribution is 5.31. The molecule has 1 N–H and O–H groups in total. The van der Waals surface area contributed by atoms with Gasteiger partial charge in [0.05, 0.1) is 19.8 Å². The zero-order valence-corrected chi connectivity index (χ0v) is 9.77. The average Bonchev–Trinajstić information content (AvgIpc) is 2.19. The van der Waals surface area contributed by atoms with Gasteiger partial charge in [-0.2, -0.15) is 0 Å². The normalized spacial score (nSPS) is 18.2. The Kier molecular flexibility index (Phi) is 3.59. The van der Waals surface area contributed by atoms with E-state index in [4.69, 9.17) is 9.47 Å². The lowest BCUT2D eigenvalue weighted by Crippen LogP contribution is -2.37. The van der Waals surface area contributed by atoms with Crippen LogP contribution in [-0.4, -0.2) is 31.0 Å². The zero-order chi connectivity index (χ0) is 11.5. The predicted octanol–water partition coefficient (Wildman–Crippen LogP) is 1.75. The Hall–Kier alpha value is -0.900. The molecule has 0 radical (unpaired) electrons. The highest BCUT2D eigenvalue weighted by Crippen LogP contribution is 2.18. The molecule has 0 spiro atoms. The minimum Gasteiger partial charge on any atom is -0.386 e. The highest BCUT2D eigenvalue weighted by atomic mass is 16.6. The molecule has 1 aromatic rings. The summed E-state index contributed by atoms with van der Waals surface area (Å²) in [5, 5.41) is 9.94. The first kappa shape index (κ1) is 11.6. The molecular formula is C13H18O3. The van der Waals surface area contributed by atoms with Crippen molar-refractivity contribution in [2.45, 2.75) is 26.1 Å². The van der Waals surface area contributed by atoms with Crippen molar-refractivity contribution < 1.29 is 14.6 Å². The standard InChI is InChI=1S/C13H18O3/c1-9-3-4-11(5-10(9)2)13(14)8-16-12-6-15-7-12/h3-5,12-14H,6-8H2,1-2H3. The lowest BCUT2D eigenvalue weighted by atomic mass is 10.0. The predicted molar refractivity (Wildman–Crippen MR) is 61.4 cm³/mol. The van der Waals surface area contributed by atoms with Crippen LogP contribution >= 0.6 is 0 Å². The SMILES string of the molecule is Cc1ccc(C(O)COC2COC2)cc1C. The molecule has 88 valence electrons. The van der Waals surface area contributed by atoms with Gasteiger partial charge < -0.3 is 14.6 Å². The average molecular weight is 222 g/mol. The lowest BCUT2D eigenvalue weighted by molar-refractivity contribution is -0.143. The summed E-state index contributed by atoms with van der Waals surface area (Å²) in [6.07, 6.45) is -0.374. The van der Waals surface area contributed by atoms with Crippen molar-refractivity contribution in [3.05, 3.63) is 34.9 Å². The van der Waals surface area contributed by atoms with Crippen LogP contribution in [0.2, 0.25) is 0 Å². The second-order valence-electron chi connectivity index (χ2n) is 4.35. The third-order valence-electron chi connectivity index (χ3n) is 3.01. The van der Waals surface area contributed by atoms with Crippen LogP contribution in [0.1, 0.15) is 22.8 Å². The van der Waals surface area contributed by atoms with Crippen LogP contribution in [0.15, 0.2) is 18.2 Å². The third kappa shape index (κ3) is 2.61. The molecule has 16 heavy (non-hydrogen) atoms. The first-order chi connectivity index (χ1) is 7.66. The van der Waals surface area contributed by atoms with Crippen LogP contribution in [-0.2, 0) is 9.47 Å². The topological polar surface area (TPSA) is 38.7 Å². The number of hydrogen-bond donors (Lipinski definition) is 1. The van der Waals surface area contributed by atoms with E-state index < -0.39 is 6.10 Å². The van der Waals surface area contributed by atoms with Gasteiger partial charge in [0.1, 0.15) is 12.2 Å². The summed E-state index contributed by atoms with van der Waals surface area (Å²) in [5.41, 5.74) is 3.36. The van der Waals surface area contributed by atoms with Gasteiger partial charge in [0, 0.05) is 0 Å². The van der Waals surface area contributed by atoms with Crippen molar-refractivity contribution in [1.82, 2.24) is 0 Å². The molecule has 0 amide bonds. The maximum Gasteiger partial charge on any atom is 0.104 e. The van der Waals surface area contributed by atoms with Gasteiger partial charge in [-0.15, -0.1) is 0 Å². The second-order valence-corrected chi connectivity index (χ2v) is 4.35. The molecule has 1 fully saturated rings. The molecule has 0 aliphatic carbocycles. The molecule has 1 heterocycles. The third-order valence-corrected chi connectivity index (χ3v) is 3.01. The molecule has 1 atom stereocenters. The van der Waals surface area contributed by atoms with E-state index in [1.807, 2.05) is 25.1 Å². The van der Waals surface area contributed by atoms with E-state index in [2.05, 4.69) is 6.92 Å². The van der Waals surface area contributed by atoms with Gasteiger partial charge in [-0.25, -0.2) is 0 Å². The van der Waals surface area contributed by atoms with E-state index >= 15 is 0 Å². The Morgan fingerprint density at radius 3 is 2.69 bits per heavy atom. The van der Waals surface area contributed by atoms with E-state index in [9.17, 15) is 5.11 Å². The zero-order valence-electron chi connectivity index (χ0n) is 9.77. The molecule has 0 aromatic heterocycles. The van der Waals surface area contributed by atoms with Crippen LogP contribution in [0.4, 0.5) is 0 Å². The smallest absolute Gasteiger partial charge is 0.104 e. The Morgan fingerprint density at radius 2 is 2.12 bits per heavy atom. The molecule has 3 heteroatoms. The molecule has 1 saturated heterocycles. The van der Waals surface area contributed by atoms with Crippen LogP contribution in [0.25, 0.3) is 0 Å². The second kappa shape index (κ2) is 4.95. The summed E-state index contributed by atoms with van der Waals surface area (Å²) in [6, 6.07) is 5.99. The van der Waals surface area contributed by atoms with Crippen molar-refractivity contribution in [3.8, 4) is 0 Å². The quantitative estimate of drug-likeness (QED) is 0.843. The number of aliphatic hydroxyl groups excluding tert-OH is 1. The fraction of sp³-hybridized carbons (Fsp3) is 0.538. The van der Waals surface area contributed by atoms with E-state index in [0.29, 0.717) is 19.8 Å². The molecule has 1 aliphatic rings. The molecular weight excluding hydrogens is 204 g/mol. The Labute approximate surface area is 96.0 Å². The number of rotatable bonds is 4. The summed E-state index contributed by atoms with van der Waals surface area (Å²) < 4.78 is 10.5. The fourth-order valence-corrected chi connectivity index (χ4v) is 1.61. The van der Waals surface area contributed by atoms with Crippen molar-refractivity contribution in [3.63, 3.8) is 0 Å². The molecule has 1 unspecified atom stereocenters. The Bertz CT molecular complexity index is 358. The van der Waals surface area contributed by atoms with Gasteiger partial charge in [0.2, 0.25) is 0 Å². The van der Waals surface area contributed by atoms with Crippen molar-refractivity contribution in [1.29, 1.82) is 0 Å². The maximum atomic E-state index is 9.94. The molecule has 0 bridgehead atoms. The molecule has 1 aromatic carbocycles. The van der Waals surface area contributed by atoms with Gasteiger partial charge in [0.25, 0.3) is 0 Å². The number of aliphatic hydroxyl groups is 1. The summed E-state index contributed by atoms with van der Waals surface area (Å²) in [5.74, 6) is 0. The molecule has 0 saturated carbocycles. The van der Waals surface area contributed by atoms with Gasteiger partial charge in [-0.1, -0.05) is 18.2 Å². The summed E-state index contributed by atoms with van der Waals surface area (Å²) in [6.45, 7) is 5.76. The van der Waals surface area contributed by atoms with E-state index in [-0.39, 0.29) is 6.10 Å². The minimum absolute atomic E-state index is 0.168. The Balaban J connectivity index is 1.91. The van der Waals surface area contributed by atoms with E-state index in [1.165, 1.54) is 11.1 Å². The minimum atomic E-state index is -0.542. The van der Waals surface area contributed by atoms with Crippen LogP contribution in [0.3, 0.4) is 0 Å². The van der Waals surface area contributed by atoms with Gasteiger partial charge in [-0.05, 0) is 30.5 Å². The molecule has 3 nitrogen and oxygen atoms in total. The molecule has 2 rings (SSSR count). The van der Waals surface area contributed by atoms with Gasteiger partial charge >= 0.3 is 0 Å².